The van der Waals surface area contributed by atoms with E-state index in [0.717, 1.165) is 6.07 Å². The van der Waals surface area contributed by atoms with Crippen molar-refractivity contribution in [2.45, 2.75) is 18.0 Å². The number of aryl methyl sites for hydroxylation is 1. The number of benzene rings is 1. The predicted octanol–water partition coefficient (Wildman–Crippen LogP) is 2.67. The lowest BCUT2D eigenvalue weighted by Gasteiger charge is -2.08. The number of rotatable bonds is 1. The van der Waals surface area contributed by atoms with Crippen molar-refractivity contribution in [2.75, 3.05) is 0 Å². The zero-order valence-electron chi connectivity index (χ0n) is 7.47. The molecule has 0 N–H and O–H groups in total. The standard InChI is InChI=1S/C8H6F4O2S/c1-5-2-3-6(8(9,10)11)4-7(5)15(12,13)14/h2-4H,1H3. The summed E-state index contributed by atoms with van der Waals surface area (Å²) in [6.07, 6.45) is -4.69. The minimum atomic E-state index is -5.12. The van der Waals surface area contributed by atoms with Crippen LogP contribution in [0.25, 0.3) is 0 Å². The molecule has 84 valence electrons. The van der Waals surface area contributed by atoms with Gasteiger partial charge in [0.2, 0.25) is 0 Å². The Morgan fingerprint density at radius 2 is 1.73 bits per heavy atom. The van der Waals surface area contributed by atoms with Crippen molar-refractivity contribution < 1.29 is 25.5 Å². The second-order valence-electron chi connectivity index (χ2n) is 2.92. The molecule has 0 fully saturated rings. The van der Waals surface area contributed by atoms with Crippen LogP contribution in [-0.2, 0) is 16.4 Å². The molecule has 0 amide bonds. The second-order valence-corrected chi connectivity index (χ2v) is 4.23. The highest BCUT2D eigenvalue weighted by Gasteiger charge is 2.32. The Balaban J connectivity index is 3.43. The van der Waals surface area contributed by atoms with Crippen molar-refractivity contribution in [2.24, 2.45) is 0 Å². The Labute approximate surface area is 83.7 Å². The van der Waals surface area contributed by atoms with Crippen molar-refractivity contribution in [3.63, 3.8) is 0 Å². The van der Waals surface area contributed by atoms with Gasteiger partial charge in [-0.1, -0.05) is 6.07 Å². The van der Waals surface area contributed by atoms with E-state index >= 15 is 0 Å². The van der Waals surface area contributed by atoms with Crippen molar-refractivity contribution in [3.05, 3.63) is 29.3 Å². The van der Waals surface area contributed by atoms with Gasteiger partial charge in [0.1, 0.15) is 4.90 Å². The fourth-order valence-electron chi connectivity index (χ4n) is 1.04. The topological polar surface area (TPSA) is 34.1 Å². The second kappa shape index (κ2) is 3.48. The van der Waals surface area contributed by atoms with Crippen molar-refractivity contribution in [1.29, 1.82) is 0 Å². The van der Waals surface area contributed by atoms with E-state index in [-0.39, 0.29) is 11.6 Å². The molecule has 0 saturated carbocycles. The largest absolute Gasteiger partial charge is 0.416 e. The van der Waals surface area contributed by atoms with Crippen LogP contribution in [-0.4, -0.2) is 8.42 Å². The Bertz CT molecular complexity index is 476. The molecule has 7 heteroatoms. The lowest BCUT2D eigenvalue weighted by atomic mass is 10.1. The summed E-state index contributed by atoms with van der Waals surface area (Å²) in [7, 11) is -5.12. The quantitative estimate of drug-likeness (QED) is 0.560. The number of hydrogen-bond acceptors (Lipinski definition) is 2. The van der Waals surface area contributed by atoms with Gasteiger partial charge in [-0.3, -0.25) is 0 Å². The van der Waals surface area contributed by atoms with Gasteiger partial charge < -0.3 is 0 Å². The third-order valence-electron chi connectivity index (χ3n) is 1.78. The van der Waals surface area contributed by atoms with E-state index in [9.17, 15) is 25.5 Å². The van der Waals surface area contributed by atoms with Gasteiger partial charge >= 0.3 is 16.4 Å². The van der Waals surface area contributed by atoms with E-state index in [1.165, 1.54) is 6.92 Å². The molecule has 0 atom stereocenters. The maximum Gasteiger partial charge on any atom is 0.416 e. The molecule has 0 aromatic heterocycles. The molecule has 0 spiro atoms. The highest BCUT2D eigenvalue weighted by atomic mass is 32.3. The van der Waals surface area contributed by atoms with Crippen molar-refractivity contribution >= 4 is 10.2 Å². The van der Waals surface area contributed by atoms with Crippen molar-refractivity contribution in [1.82, 2.24) is 0 Å². The highest BCUT2D eigenvalue weighted by Crippen LogP contribution is 2.32. The first-order valence-electron chi connectivity index (χ1n) is 3.75. The van der Waals surface area contributed by atoms with Gasteiger partial charge in [0.05, 0.1) is 5.56 Å². The summed E-state index contributed by atoms with van der Waals surface area (Å²) in [5.41, 5.74) is -1.25. The third-order valence-corrected chi connectivity index (χ3v) is 2.74. The van der Waals surface area contributed by atoms with Gasteiger partial charge in [-0.05, 0) is 24.6 Å². The average Bonchev–Trinajstić information content (AvgIpc) is 2.00. The molecule has 0 unspecified atom stereocenters. The summed E-state index contributed by atoms with van der Waals surface area (Å²) in [4.78, 5) is -0.947. The van der Waals surface area contributed by atoms with E-state index in [4.69, 9.17) is 0 Å². The average molecular weight is 242 g/mol. The summed E-state index contributed by atoms with van der Waals surface area (Å²) in [6, 6.07) is 1.89. The Kier molecular flexibility index (Phi) is 2.77. The summed E-state index contributed by atoms with van der Waals surface area (Å²) in [6.45, 7) is 1.21. The van der Waals surface area contributed by atoms with Gasteiger partial charge in [0.15, 0.2) is 0 Å². The molecular formula is C8H6F4O2S. The first-order chi connectivity index (χ1) is 6.62. The molecule has 1 aromatic rings. The van der Waals surface area contributed by atoms with Crippen LogP contribution < -0.4 is 0 Å². The lowest BCUT2D eigenvalue weighted by molar-refractivity contribution is -0.137. The molecule has 0 saturated heterocycles. The highest BCUT2D eigenvalue weighted by molar-refractivity contribution is 7.86. The molecule has 2 nitrogen and oxygen atoms in total. The van der Waals surface area contributed by atoms with Gasteiger partial charge in [0.25, 0.3) is 0 Å². The van der Waals surface area contributed by atoms with Crippen LogP contribution in [0, 0.1) is 6.92 Å². The smallest absolute Gasteiger partial charge is 0.189 e. The lowest BCUT2D eigenvalue weighted by Crippen LogP contribution is -2.07. The molecule has 1 rings (SSSR count). The van der Waals surface area contributed by atoms with Crippen molar-refractivity contribution in [3.8, 4) is 0 Å². The maximum absolute atomic E-state index is 12.6. The summed E-state index contributed by atoms with van der Waals surface area (Å²) < 4.78 is 70.1. The van der Waals surface area contributed by atoms with Crippen LogP contribution in [0.15, 0.2) is 23.1 Å². The fourth-order valence-corrected chi connectivity index (χ4v) is 1.76. The minimum Gasteiger partial charge on any atom is -0.189 e. The summed E-state index contributed by atoms with van der Waals surface area (Å²) >= 11 is 0. The van der Waals surface area contributed by atoms with E-state index in [0.29, 0.717) is 6.07 Å². The maximum atomic E-state index is 12.6. The van der Waals surface area contributed by atoms with E-state index in [1.807, 2.05) is 0 Å². The fraction of sp³-hybridized carbons (Fsp3) is 0.250. The van der Waals surface area contributed by atoms with E-state index < -0.39 is 26.9 Å². The first kappa shape index (κ1) is 12.0. The molecule has 0 heterocycles. The monoisotopic (exact) mass is 242 g/mol. The SMILES string of the molecule is Cc1ccc(C(F)(F)F)cc1S(=O)(=O)F. The summed E-state index contributed by atoms with van der Waals surface area (Å²) in [5.74, 6) is 0. The van der Waals surface area contributed by atoms with Crippen LogP contribution >= 0.6 is 0 Å². The Hall–Kier alpha value is -1.11. The Morgan fingerprint density at radius 3 is 2.13 bits per heavy atom. The third kappa shape index (κ3) is 2.68. The molecule has 0 aliphatic heterocycles. The first-order valence-corrected chi connectivity index (χ1v) is 5.13. The Morgan fingerprint density at radius 1 is 1.20 bits per heavy atom. The van der Waals surface area contributed by atoms with Crippen LogP contribution in [0.4, 0.5) is 17.1 Å². The van der Waals surface area contributed by atoms with Gasteiger partial charge in [-0.25, -0.2) is 0 Å². The zero-order chi connectivity index (χ0) is 11.9. The van der Waals surface area contributed by atoms with Crippen LogP contribution in [0.2, 0.25) is 0 Å². The molecule has 0 bridgehead atoms. The van der Waals surface area contributed by atoms with Crippen LogP contribution in [0.1, 0.15) is 11.1 Å². The van der Waals surface area contributed by atoms with Gasteiger partial charge in [-0.15, -0.1) is 3.89 Å². The van der Waals surface area contributed by atoms with Gasteiger partial charge in [-0.2, -0.15) is 21.6 Å². The molecule has 1 aromatic carbocycles. The number of alkyl halides is 3. The number of halogens is 4. The normalized spacial score (nSPS) is 12.9. The molecule has 15 heavy (non-hydrogen) atoms. The van der Waals surface area contributed by atoms with Crippen LogP contribution in [0.3, 0.4) is 0 Å². The molecule has 0 radical (unpaired) electrons. The number of hydrogen-bond donors (Lipinski definition) is 0. The predicted molar refractivity (Wildman–Crippen MR) is 44.5 cm³/mol. The minimum absolute atomic E-state index is 0.0644. The van der Waals surface area contributed by atoms with Crippen LogP contribution in [0.5, 0.6) is 0 Å². The zero-order valence-corrected chi connectivity index (χ0v) is 8.29. The summed E-state index contributed by atoms with van der Waals surface area (Å²) in [5, 5.41) is 0. The molecular weight excluding hydrogens is 236 g/mol. The molecule has 0 aliphatic carbocycles. The van der Waals surface area contributed by atoms with E-state index in [1.54, 1.807) is 0 Å². The van der Waals surface area contributed by atoms with Gasteiger partial charge in [0, 0.05) is 0 Å². The van der Waals surface area contributed by atoms with E-state index in [2.05, 4.69) is 0 Å². The molecule has 0 aliphatic rings.